The van der Waals surface area contributed by atoms with E-state index in [1.54, 1.807) is 12.1 Å². The van der Waals surface area contributed by atoms with Gasteiger partial charge in [0.15, 0.2) is 0 Å². The summed E-state index contributed by atoms with van der Waals surface area (Å²) in [5.41, 5.74) is 2.41. The van der Waals surface area contributed by atoms with E-state index in [1.165, 1.54) is 23.5 Å². The Morgan fingerprint density at radius 2 is 1.87 bits per heavy atom. The molecule has 5 nitrogen and oxygen atoms in total. The van der Waals surface area contributed by atoms with Crippen molar-refractivity contribution in [1.82, 2.24) is 10.2 Å². The van der Waals surface area contributed by atoms with Gasteiger partial charge >= 0.3 is 6.03 Å². The van der Waals surface area contributed by atoms with Crippen LogP contribution in [-0.2, 0) is 0 Å². The lowest BCUT2D eigenvalue weighted by Crippen LogP contribution is -2.19. The molecule has 3 rings (SSSR count). The van der Waals surface area contributed by atoms with Gasteiger partial charge in [0.1, 0.15) is 10.8 Å². The van der Waals surface area contributed by atoms with Gasteiger partial charge in [0.2, 0.25) is 5.13 Å². The second kappa shape index (κ2) is 6.53. The van der Waals surface area contributed by atoms with Crippen molar-refractivity contribution >= 4 is 28.2 Å². The average molecular weight is 328 g/mol. The fourth-order valence-electron chi connectivity index (χ4n) is 1.91. The SMILES string of the molecule is Cc1ccc(NC(=O)Nc2nnc(-c3cccc(F)c3)s2)cc1. The van der Waals surface area contributed by atoms with Gasteiger partial charge < -0.3 is 5.32 Å². The zero-order chi connectivity index (χ0) is 16.2. The Bertz CT molecular complexity index is 832. The summed E-state index contributed by atoms with van der Waals surface area (Å²) in [4.78, 5) is 11.9. The molecule has 0 atom stereocenters. The Kier molecular flexibility index (Phi) is 4.29. The van der Waals surface area contributed by atoms with E-state index in [0.717, 1.165) is 5.56 Å². The maximum Gasteiger partial charge on any atom is 0.325 e. The third-order valence-electron chi connectivity index (χ3n) is 3.03. The molecule has 0 aliphatic carbocycles. The molecule has 0 radical (unpaired) electrons. The minimum atomic E-state index is -0.407. The molecule has 0 saturated carbocycles. The van der Waals surface area contributed by atoms with E-state index in [-0.39, 0.29) is 5.82 Å². The molecule has 3 aromatic rings. The van der Waals surface area contributed by atoms with Crippen molar-refractivity contribution in [2.45, 2.75) is 6.92 Å². The van der Waals surface area contributed by atoms with Crippen molar-refractivity contribution in [3.8, 4) is 10.6 Å². The summed E-state index contributed by atoms with van der Waals surface area (Å²) in [5.74, 6) is -0.343. The molecule has 0 fully saturated rings. The van der Waals surface area contributed by atoms with Crippen molar-refractivity contribution in [2.24, 2.45) is 0 Å². The molecule has 2 amide bonds. The number of amides is 2. The second-order valence-corrected chi connectivity index (χ2v) is 5.85. The molecular weight excluding hydrogens is 315 g/mol. The monoisotopic (exact) mass is 328 g/mol. The van der Waals surface area contributed by atoms with Gasteiger partial charge in [0.05, 0.1) is 0 Å². The number of nitrogens with one attached hydrogen (secondary N) is 2. The van der Waals surface area contributed by atoms with E-state index in [4.69, 9.17) is 0 Å². The van der Waals surface area contributed by atoms with Gasteiger partial charge in [0.25, 0.3) is 0 Å². The number of urea groups is 1. The second-order valence-electron chi connectivity index (χ2n) is 4.87. The minimum absolute atomic E-state index is 0.342. The summed E-state index contributed by atoms with van der Waals surface area (Å²) in [5, 5.41) is 14.0. The molecule has 0 unspecified atom stereocenters. The number of rotatable bonds is 3. The Labute approximate surface area is 136 Å². The third-order valence-corrected chi connectivity index (χ3v) is 3.91. The zero-order valence-electron chi connectivity index (χ0n) is 12.2. The van der Waals surface area contributed by atoms with E-state index < -0.39 is 6.03 Å². The minimum Gasteiger partial charge on any atom is -0.308 e. The zero-order valence-corrected chi connectivity index (χ0v) is 13.0. The van der Waals surface area contributed by atoms with Crippen LogP contribution in [0.3, 0.4) is 0 Å². The van der Waals surface area contributed by atoms with Gasteiger partial charge in [-0.1, -0.05) is 41.2 Å². The predicted octanol–water partition coefficient (Wildman–Crippen LogP) is 4.30. The quantitative estimate of drug-likeness (QED) is 0.753. The smallest absolute Gasteiger partial charge is 0.308 e. The lowest BCUT2D eigenvalue weighted by molar-refractivity contribution is 0.262. The number of carbonyl (C=O) groups excluding carboxylic acids is 1. The Balaban J connectivity index is 1.66. The van der Waals surface area contributed by atoms with E-state index in [1.807, 2.05) is 31.2 Å². The van der Waals surface area contributed by atoms with Crippen molar-refractivity contribution in [1.29, 1.82) is 0 Å². The van der Waals surface area contributed by atoms with Gasteiger partial charge in [-0.3, -0.25) is 5.32 Å². The number of benzene rings is 2. The summed E-state index contributed by atoms with van der Waals surface area (Å²) in [6.07, 6.45) is 0. The molecule has 2 N–H and O–H groups in total. The lowest BCUT2D eigenvalue weighted by atomic mass is 10.2. The maximum atomic E-state index is 13.2. The fourth-order valence-corrected chi connectivity index (χ4v) is 2.64. The average Bonchev–Trinajstić information content (AvgIpc) is 2.98. The molecule has 0 spiro atoms. The first kappa shape index (κ1) is 15.1. The summed E-state index contributed by atoms with van der Waals surface area (Å²) in [7, 11) is 0. The summed E-state index contributed by atoms with van der Waals surface area (Å²) < 4.78 is 13.2. The normalized spacial score (nSPS) is 10.3. The van der Waals surface area contributed by atoms with Crippen LogP contribution in [0.15, 0.2) is 48.5 Å². The third kappa shape index (κ3) is 3.89. The topological polar surface area (TPSA) is 66.9 Å². The number of hydrogen-bond donors (Lipinski definition) is 2. The van der Waals surface area contributed by atoms with Crippen LogP contribution in [0.5, 0.6) is 0 Å². The molecule has 0 saturated heterocycles. The first-order valence-corrected chi connectivity index (χ1v) is 7.66. The maximum absolute atomic E-state index is 13.2. The number of anilines is 2. The van der Waals surface area contributed by atoms with Crippen molar-refractivity contribution in [3.63, 3.8) is 0 Å². The van der Waals surface area contributed by atoms with Crippen LogP contribution in [0, 0.1) is 12.7 Å². The van der Waals surface area contributed by atoms with E-state index in [9.17, 15) is 9.18 Å². The van der Waals surface area contributed by atoms with E-state index >= 15 is 0 Å². The van der Waals surface area contributed by atoms with Crippen LogP contribution in [0.1, 0.15) is 5.56 Å². The van der Waals surface area contributed by atoms with E-state index in [2.05, 4.69) is 20.8 Å². The molecule has 116 valence electrons. The molecule has 23 heavy (non-hydrogen) atoms. The molecule has 0 aliphatic rings. The van der Waals surface area contributed by atoms with Crippen molar-refractivity contribution < 1.29 is 9.18 Å². The van der Waals surface area contributed by atoms with E-state index in [0.29, 0.717) is 21.4 Å². The molecule has 0 aliphatic heterocycles. The molecular formula is C16H13FN4OS. The highest BCUT2D eigenvalue weighted by Gasteiger charge is 2.10. The van der Waals surface area contributed by atoms with Gasteiger partial charge in [-0.2, -0.15) is 0 Å². The number of nitrogens with zero attached hydrogens (tertiary/aromatic N) is 2. The highest BCUT2D eigenvalue weighted by molar-refractivity contribution is 7.18. The first-order chi connectivity index (χ1) is 11.1. The van der Waals surface area contributed by atoms with Crippen LogP contribution < -0.4 is 10.6 Å². The van der Waals surface area contributed by atoms with Crippen LogP contribution in [0.2, 0.25) is 0 Å². The largest absolute Gasteiger partial charge is 0.325 e. The molecule has 1 aromatic heterocycles. The Morgan fingerprint density at radius 1 is 1.09 bits per heavy atom. The molecule has 7 heteroatoms. The van der Waals surface area contributed by atoms with Gasteiger partial charge in [-0.25, -0.2) is 9.18 Å². The Hall–Kier alpha value is -2.80. The Morgan fingerprint density at radius 3 is 2.61 bits per heavy atom. The van der Waals surface area contributed by atoms with Crippen molar-refractivity contribution in [3.05, 3.63) is 59.9 Å². The number of aromatic nitrogens is 2. The first-order valence-electron chi connectivity index (χ1n) is 6.84. The fraction of sp³-hybridized carbons (Fsp3) is 0.0625. The highest BCUT2D eigenvalue weighted by atomic mass is 32.1. The lowest BCUT2D eigenvalue weighted by Gasteiger charge is -2.04. The van der Waals surface area contributed by atoms with Crippen LogP contribution in [0.4, 0.5) is 20.0 Å². The molecule has 2 aromatic carbocycles. The van der Waals surface area contributed by atoms with Gasteiger partial charge in [0, 0.05) is 11.3 Å². The number of halogens is 1. The summed E-state index contributed by atoms with van der Waals surface area (Å²) in [6.45, 7) is 1.97. The van der Waals surface area contributed by atoms with Crippen LogP contribution >= 0.6 is 11.3 Å². The van der Waals surface area contributed by atoms with Crippen LogP contribution in [-0.4, -0.2) is 16.2 Å². The van der Waals surface area contributed by atoms with Crippen molar-refractivity contribution in [2.75, 3.05) is 10.6 Å². The molecule has 1 heterocycles. The van der Waals surface area contributed by atoms with Gasteiger partial charge in [-0.15, -0.1) is 10.2 Å². The highest BCUT2D eigenvalue weighted by Crippen LogP contribution is 2.26. The number of aryl methyl sites for hydroxylation is 1. The predicted molar refractivity (Wildman–Crippen MR) is 89.1 cm³/mol. The number of hydrogen-bond acceptors (Lipinski definition) is 4. The standard InChI is InChI=1S/C16H13FN4OS/c1-10-5-7-13(8-6-10)18-15(22)19-16-21-20-14(23-16)11-3-2-4-12(17)9-11/h2-9H,1H3,(H2,18,19,21,22). The summed E-state index contributed by atoms with van der Waals surface area (Å²) in [6, 6.07) is 13.1. The molecule has 0 bridgehead atoms. The summed E-state index contributed by atoms with van der Waals surface area (Å²) >= 11 is 1.18. The van der Waals surface area contributed by atoms with Crippen LogP contribution in [0.25, 0.3) is 10.6 Å². The van der Waals surface area contributed by atoms with Gasteiger partial charge in [-0.05, 0) is 31.2 Å². The number of carbonyl (C=O) groups is 1.